The summed E-state index contributed by atoms with van der Waals surface area (Å²) in [5.41, 5.74) is 0.508. The van der Waals surface area contributed by atoms with E-state index in [1.54, 1.807) is 25.1 Å². The molecule has 0 bridgehead atoms. The number of aryl methyl sites for hydroxylation is 1. The van der Waals surface area contributed by atoms with Crippen molar-refractivity contribution < 1.29 is 18.0 Å². The van der Waals surface area contributed by atoms with Gasteiger partial charge in [-0.05, 0) is 49.4 Å². The standard InChI is InChI=1S/C20H14F3N5O/c1-12-25-17(19(29)28-16-4-2-3-13(9-16)11-24)10-18(26-12)27-15-7-5-14(6-8-15)20(21,22)23/h2-10H,1H3,(H,28,29)(H,25,26,27). The number of alkyl halides is 3. The van der Waals surface area contributed by atoms with Gasteiger partial charge in [0.05, 0.1) is 17.2 Å². The van der Waals surface area contributed by atoms with Crippen molar-refractivity contribution in [3.05, 3.63) is 77.2 Å². The number of aromatic nitrogens is 2. The molecule has 0 atom stereocenters. The third-order valence-electron chi connectivity index (χ3n) is 3.80. The number of carbonyl (C=O) groups excluding carboxylic acids is 1. The number of nitriles is 1. The minimum Gasteiger partial charge on any atom is -0.340 e. The lowest BCUT2D eigenvalue weighted by Gasteiger charge is -2.11. The number of hydrogen-bond donors (Lipinski definition) is 2. The molecule has 3 aromatic rings. The second-order valence-corrected chi connectivity index (χ2v) is 6.03. The van der Waals surface area contributed by atoms with Gasteiger partial charge in [0.15, 0.2) is 0 Å². The molecular formula is C20H14F3N5O. The van der Waals surface area contributed by atoms with Gasteiger partial charge in [0.25, 0.3) is 5.91 Å². The predicted molar refractivity (Wildman–Crippen MR) is 101 cm³/mol. The first kappa shape index (κ1) is 19.8. The highest BCUT2D eigenvalue weighted by molar-refractivity contribution is 6.03. The predicted octanol–water partition coefficient (Wildman–Crippen LogP) is 4.67. The van der Waals surface area contributed by atoms with E-state index in [0.29, 0.717) is 22.8 Å². The third kappa shape index (κ3) is 5.07. The van der Waals surface area contributed by atoms with E-state index >= 15 is 0 Å². The normalized spacial score (nSPS) is 10.9. The summed E-state index contributed by atoms with van der Waals surface area (Å²) in [7, 11) is 0. The second-order valence-electron chi connectivity index (χ2n) is 6.03. The van der Waals surface area contributed by atoms with E-state index < -0.39 is 17.6 Å². The zero-order valence-electron chi connectivity index (χ0n) is 15.1. The molecule has 0 fully saturated rings. The Morgan fingerprint density at radius 2 is 1.76 bits per heavy atom. The minimum absolute atomic E-state index is 0.0641. The van der Waals surface area contributed by atoms with Crippen molar-refractivity contribution in [3.8, 4) is 6.07 Å². The van der Waals surface area contributed by atoms with E-state index in [4.69, 9.17) is 5.26 Å². The quantitative estimate of drug-likeness (QED) is 0.668. The van der Waals surface area contributed by atoms with Crippen LogP contribution in [0.1, 0.15) is 27.4 Å². The summed E-state index contributed by atoms with van der Waals surface area (Å²) in [5.74, 6) is 0.0482. The Morgan fingerprint density at radius 1 is 1.03 bits per heavy atom. The monoisotopic (exact) mass is 397 g/mol. The molecule has 1 heterocycles. The van der Waals surface area contributed by atoms with E-state index in [-0.39, 0.29) is 11.5 Å². The Kier molecular flexibility index (Phi) is 5.45. The first-order chi connectivity index (χ1) is 13.7. The van der Waals surface area contributed by atoms with Gasteiger partial charge in [0, 0.05) is 17.4 Å². The first-order valence-electron chi connectivity index (χ1n) is 8.36. The molecule has 146 valence electrons. The molecule has 3 rings (SSSR count). The fraction of sp³-hybridized carbons (Fsp3) is 0.100. The van der Waals surface area contributed by atoms with E-state index in [1.807, 2.05) is 6.07 Å². The summed E-state index contributed by atoms with van der Waals surface area (Å²) >= 11 is 0. The van der Waals surface area contributed by atoms with E-state index in [0.717, 1.165) is 12.1 Å². The summed E-state index contributed by atoms with van der Waals surface area (Å²) in [6, 6.07) is 14.2. The molecule has 9 heteroatoms. The van der Waals surface area contributed by atoms with Gasteiger partial charge in [-0.2, -0.15) is 18.4 Å². The number of rotatable bonds is 4. The molecule has 0 saturated heterocycles. The second kappa shape index (κ2) is 7.98. The molecule has 2 N–H and O–H groups in total. The van der Waals surface area contributed by atoms with Crippen LogP contribution >= 0.6 is 0 Å². The molecule has 1 amide bonds. The molecule has 2 aromatic carbocycles. The maximum atomic E-state index is 12.7. The van der Waals surface area contributed by atoms with Gasteiger partial charge in [0.1, 0.15) is 17.3 Å². The van der Waals surface area contributed by atoms with Crippen LogP contribution in [0.5, 0.6) is 0 Å². The Labute approximate surface area is 164 Å². The van der Waals surface area contributed by atoms with Crippen molar-refractivity contribution >= 4 is 23.1 Å². The SMILES string of the molecule is Cc1nc(Nc2ccc(C(F)(F)F)cc2)cc(C(=O)Nc2cccc(C#N)c2)n1. The molecule has 1 aromatic heterocycles. The maximum absolute atomic E-state index is 12.7. The van der Waals surface area contributed by atoms with Crippen molar-refractivity contribution in [3.63, 3.8) is 0 Å². The van der Waals surface area contributed by atoms with Gasteiger partial charge in [-0.15, -0.1) is 0 Å². The van der Waals surface area contributed by atoms with E-state index in [9.17, 15) is 18.0 Å². The number of anilines is 3. The fourth-order valence-electron chi connectivity index (χ4n) is 2.50. The molecule has 0 saturated carbocycles. The van der Waals surface area contributed by atoms with Crippen molar-refractivity contribution in [2.45, 2.75) is 13.1 Å². The highest BCUT2D eigenvalue weighted by Gasteiger charge is 2.29. The lowest BCUT2D eigenvalue weighted by molar-refractivity contribution is -0.137. The van der Waals surface area contributed by atoms with Crippen LogP contribution in [-0.4, -0.2) is 15.9 Å². The smallest absolute Gasteiger partial charge is 0.340 e. The Bertz CT molecular complexity index is 1090. The summed E-state index contributed by atoms with van der Waals surface area (Å²) in [6.45, 7) is 1.59. The van der Waals surface area contributed by atoms with Crippen LogP contribution in [0.4, 0.5) is 30.4 Å². The van der Waals surface area contributed by atoms with E-state index in [1.165, 1.54) is 24.3 Å². The molecule has 0 aliphatic heterocycles. The average Bonchev–Trinajstić information content (AvgIpc) is 2.67. The molecule has 0 aliphatic rings. The number of benzene rings is 2. The molecule has 29 heavy (non-hydrogen) atoms. The summed E-state index contributed by atoms with van der Waals surface area (Å²) in [4.78, 5) is 20.7. The van der Waals surface area contributed by atoms with Crippen molar-refractivity contribution in [1.82, 2.24) is 9.97 Å². The number of amides is 1. The van der Waals surface area contributed by atoms with Crippen LogP contribution in [0.15, 0.2) is 54.6 Å². The lowest BCUT2D eigenvalue weighted by Crippen LogP contribution is -2.15. The molecule has 0 aliphatic carbocycles. The third-order valence-corrected chi connectivity index (χ3v) is 3.80. The van der Waals surface area contributed by atoms with Gasteiger partial charge in [0.2, 0.25) is 0 Å². The van der Waals surface area contributed by atoms with Crippen LogP contribution in [0.2, 0.25) is 0 Å². The Hall–Kier alpha value is -3.93. The van der Waals surface area contributed by atoms with Gasteiger partial charge < -0.3 is 10.6 Å². The van der Waals surface area contributed by atoms with E-state index in [2.05, 4.69) is 20.6 Å². The van der Waals surface area contributed by atoms with Crippen molar-refractivity contribution in [1.29, 1.82) is 5.26 Å². The van der Waals surface area contributed by atoms with Crippen molar-refractivity contribution in [2.24, 2.45) is 0 Å². The lowest BCUT2D eigenvalue weighted by atomic mass is 10.2. The van der Waals surface area contributed by atoms with Crippen molar-refractivity contribution in [2.75, 3.05) is 10.6 Å². The highest BCUT2D eigenvalue weighted by atomic mass is 19.4. The first-order valence-corrected chi connectivity index (χ1v) is 8.36. The number of hydrogen-bond acceptors (Lipinski definition) is 5. The molecular weight excluding hydrogens is 383 g/mol. The van der Waals surface area contributed by atoms with Crippen LogP contribution in [0, 0.1) is 18.3 Å². The van der Waals surface area contributed by atoms with Crippen LogP contribution in [0.3, 0.4) is 0 Å². The van der Waals surface area contributed by atoms with Crippen LogP contribution in [0.25, 0.3) is 0 Å². The van der Waals surface area contributed by atoms with Crippen LogP contribution < -0.4 is 10.6 Å². The number of nitrogens with zero attached hydrogens (tertiary/aromatic N) is 3. The fourth-order valence-corrected chi connectivity index (χ4v) is 2.50. The topological polar surface area (TPSA) is 90.7 Å². The Morgan fingerprint density at radius 3 is 2.41 bits per heavy atom. The number of carbonyl (C=O) groups is 1. The van der Waals surface area contributed by atoms with Gasteiger partial charge in [-0.25, -0.2) is 9.97 Å². The molecule has 0 radical (unpaired) electrons. The Balaban J connectivity index is 1.78. The van der Waals surface area contributed by atoms with Crippen LogP contribution in [-0.2, 0) is 6.18 Å². The molecule has 6 nitrogen and oxygen atoms in total. The summed E-state index contributed by atoms with van der Waals surface area (Å²) in [5, 5.41) is 14.4. The average molecular weight is 397 g/mol. The van der Waals surface area contributed by atoms with Gasteiger partial charge in [-0.1, -0.05) is 6.07 Å². The van der Waals surface area contributed by atoms with Gasteiger partial charge in [-0.3, -0.25) is 4.79 Å². The molecule has 0 spiro atoms. The number of nitrogens with one attached hydrogen (secondary N) is 2. The summed E-state index contributed by atoms with van der Waals surface area (Å²) < 4.78 is 38.0. The van der Waals surface area contributed by atoms with Gasteiger partial charge >= 0.3 is 6.18 Å². The largest absolute Gasteiger partial charge is 0.416 e. The summed E-state index contributed by atoms with van der Waals surface area (Å²) in [6.07, 6.45) is -4.42. The minimum atomic E-state index is -4.42. The zero-order valence-corrected chi connectivity index (χ0v) is 15.1. The number of halogens is 3. The highest BCUT2D eigenvalue weighted by Crippen LogP contribution is 2.30. The maximum Gasteiger partial charge on any atom is 0.416 e. The zero-order chi connectivity index (χ0) is 21.0. The molecule has 0 unspecified atom stereocenters.